The zero-order valence-corrected chi connectivity index (χ0v) is 13.5. The Morgan fingerprint density at radius 1 is 1.12 bits per heavy atom. The first kappa shape index (κ1) is 19.6. The molecule has 1 aliphatic heterocycles. The van der Waals surface area contributed by atoms with Crippen LogP contribution in [0.5, 0.6) is 0 Å². The summed E-state index contributed by atoms with van der Waals surface area (Å²) in [6.07, 6.45) is -7.29. The zero-order valence-electron chi connectivity index (χ0n) is 13.5. The molecule has 0 radical (unpaired) electrons. The highest BCUT2D eigenvalue weighted by atomic mass is 16.7. The molecule has 140 valence electrons. The predicted octanol–water partition coefficient (Wildman–Crippen LogP) is -1.27. The van der Waals surface area contributed by atoms with Crippen LogP contribution in [0.1, 0.15) is 5.56 Å². The summed E-state index contributed by atoms with van der Waals surface area (Å²) in [5.41, 5.74) is 0.857. The molecule has 5 atom stereocenters. The number of amides is 1. The molecular weight excluding hydrogens is 334 g/mol. The average molecular weight is 357 g/mol. The fourth-order valence-electron chi connectivity index (χ4n) is 2.31. The average Bonchev–Trinajstić information content (AvgIpc) is 2.64. The number of ether oxygens (including phenoxy) is 3. The van der Waals surface area contributed by atoms with Crippen LogP contribution in [0.15, 0.2) is 30.3 Å². The minimum Gasteiger partial charge on any atom is -0.445 e. The van der Waals surface area contributed by atoms with E-state index in [1.54, 1.807) is 0 Å². The Balaban J connectivity index is 1.65. The number of alkyl carbamates (subject to hydrolysis) is 1. The standard InChI is InChI=1S/C16H23NO8/c18-8-11-12(19)13(20)14(21)15(25-11)23-7-6-17-16(22)24-9-10-4-2-1-3-5-10/h1-5,11-15,18-21H,6-9H2,(H,17,22)/t11?,12-,13+,14?,15+/m1/s1. The van der Waals surface area contributed by atoms with Gasteiger partial charge in [-0.15, -0.1) is 0 Å². The molecule has 9 nitrogen and oxygen atoms in total. The van der Waals surface area contributed by atoms with Crippen LogP contribution < -0.4 is 5.32 Å². The van der Waals surface area contributed by atoms with Crippen LogP contribution in [-0.4, -0.2) is 77.0 Å². The Labute approximate surface area is 144 Å². The Hall–Kier alpha value is -1.75. The van der Waals surface area contributed by atoms with Gasteiger partial charge in [0.2, 0.25) is 0 Å². The SMILES string of the molecule is O=C(NCCO[C@H]1OC(CO)[C@@H](O)[C@H](O)C1O)OCc1ccccc1. The number of nitrogens with one attached hydrogen (secondary N) is 1. The highest BCUT2D eigenvalue weighted by Gasteiger charge is 2.43. The van der Waals surface area contributed by atoms with Gasteiger partial charge in [-0.25, -0.2) is 4.79 Å². The molecule has 0 bridgehead atoms. The van der Waals surface area contributed by atoms with Gasteiger partial charge in [-0.2, -0.15) is 0 Å². The van der Waals surface area contributed by atoms with Crippen molar-refractivity contribution < 1.29 is 39.4 Å². The third-order valence-corrected chi connectivity index (χ3v) is 3.71. The summed E-state index contributed by atoms with van der Waals surface area (Å²) in [6, 6.07) is 9.20. The lowest BCUT2D eigenvalue weighted by Crippen LogP contribution is -2.59. The van der Waals surface area contributed by atoms with E-state index < -0.39 is 43.4 Å². The smallest absolute Gasteiger partial charge is 0.407 e. The third-order valence-electron chi connectivity index (χ3n) is 3.71. The van der Waals surface area contributed by atoms with Gasteiger partial charge in [0.05, 0.1) is 13.2 Å². The van der Waals surface area contributed by atoms with Gasteiger partial charge in [0.25, 0.3) is 0 Å². The number of hydrogen-bond acceptors (Lipinski definition) is 8. The van der Waals surface area contributed by atoms with Crippen LogP contribution in [0, 0.1) is 0 Å². The van der Waals surface area contributed by atoms with E-state index in [4.69, 9.17) is 19.3 Å². The molecule has 1 fully saturated rings. The van der Waals surface area contributed by atoms with Gasteiger partial charge in [0.15, 0.2) is 6.29 Å². The molecule has 0 aromatic heterocycles. The second kappa shape index (κ2) is 9.66. The normalized spacial score (nSPS) is 29.2. The molecule has 1 aliphatic rings. The number of carbonyl (C=O) groups is 1. The van der Waals surface area contributed by atoms with Crippen molar-refractivity contribution in [3.05, 3.63) is 35.9 Å². The molecule has 2 rings (SSSR count). The van der Waals surface area contributed by atoms with Crippen molar-refractivity contribution in [2.75, 3.05) is 19.8 Å². The lowest BCUT2D eigenvalue weighted by Gasteiger charge is -2.39. The van der Waals surface area contributed by atoms with Crippen molar-refractivity contribution in [1.29, 1.82) is 0 Å². The van der Waals surface area contributed by atoms with Gasteiger partial charge < -0.3 is 40.0 Å². The Morgan fingerprint density at radius 3 is 2.52 bits per heavy atom. The number of aliphatic hydroxyl groups excluding tert-OH is 4. The lowest BCUT2D eigenvalue weighted by molar-refractivity contribution is -0.300. The first-order chi connectivity index (χ1) is 12.0. The predicted molar refractivity (Wildman–Crippen MR) is 84.3 cm³/mol. The molecule has 1 saturated heterocycles. The van der Waals surface area contributed by atoms with E-state index in [1.165, 1.54) is 0 Å². The topological polar surface area (TPSA) is 138 Å². The second-order valence-electron chi connectivity index (χ2n) is 5.56. The van der Waals surface area contributed by atoms with Crippen molar-refractivity contribution in [2.24, 2.45) is 0 Å². The molecule has 25 heavy (non-hydrogen) atoms. The molecule has 0 saturated carbocycles. The number of rotatable bonds is 7. The highest BCUT2D eigenvalue weighted by molar-refractivity contribution is 5.67. The van der Waals surface area contributed by atoms with Gasteiger partial charge in [-0.3, -0.25) is 0 Å². The summed E-state index contributed by atoms with van der Waals surface area (Å²) in [6.45, 7) is -0.332. The zero-order chi connectivity index (χ0) is 18.2. The lowest BCUT2D eigenvalue weighted by atomic mass is 9.99. The first-order valence-corrected chi connectivity index (χ1v) is 7.89. The van der Waals surface area contributed by atoms with E-state index in [2.05, 4.69) is 5.32 Å². The number of carbonyl (C=O) groups excluding carboxylic acids is 1. The first-order valence-electron chi connectivity index (χ1n) is 7.89. The second-order valence-corrected chi connectivity index (χ2v) is 5.56. The van der Waals surface area contributed by atoms with Crippen molar-refractivity contribution in [3.8, 4) is 0 Å². The maximum atomic E-state index is 11.5. The Kier molecular flexibility index (Phi) is 7.56. The molecule has 0 spiro atoms. The van der Waals surface area contributed by atoms with E-state index in [9.17, 15) is 20.1 Å². The molecule has 1 amide bonds. The molecule has 2 unspecified atom stereocenters. The number of benzene rings is 1. The molecule has 1 heterocycles. The number of hydrogen-bond donors (Lipinski definition) is 5. The molecule has 5 N–H and O–H groups in total. The van der Waals surface area contributed by atoms with E-state index in [-0.39, 0.29) is 19.8 Å². The van der Waals surface area contributed by atoms with Crippen LogP contribution in [0.4, 0.5) is 4.79 Å². The van der Waals surface area contributed by atoms with E-state index >= 15 is 0 Å². The number of aliphatic hydroxyl groups is 4. The maximum Gasteiger partial charge on any atom is 0.407 e. The molecule has 1 aromatic rings. The van der Waals surface area contributed by atoms with Crippen LogP contribution in [0.3, 0.4) is 0 Å². The molecule has 1 aromatic carbocycles. The van der Waals surface area contributed by atoms with Crippen molar-refractivity contribution in [1.82, 2.24) is 5.32 Å². The quantitative estimate of drug-likeness (QED) is 0.381. The van der Waals surface area contributed by atoms with Crippen molar-refractivity contribution >= 4 is 6.09 Å². The summed E-state index contributed by atoms with van der Waals surface area (Å²) in [7, 11) is 0. The summed E-state index contributed by atoms with van der Waals surface area (Å²) in [5.74, 6) is 0. The van der Waals surface area contributed by atoms with Crippen LogP contribution in [0.2, 0.25) is 0 Å². The summed E-state index contributed by atoms with van der Waals surface area (Å²) < 4.78 is 15.4. The van der Waals surface area contributed by atoms with E-state index in [1.807, 2.05) is 30.3 Å². The highest BCUT2D eigenvalue weighted by Crippen LogP contribution is 2.21. The monoisotopic (exact) mass is 357 g/mol. The maximum absolute atomic E-state index is 11.5. The van der Waals surface area contributed by atoms with Crippen LogP contribution >= 0.6 is 0 Å². The third kappa shape index (κ3) is 5.63. The minimum atomic E-state index is -1.50. The molecule has 0 aliphatic carbocycles. The van der Waals surface area contributed by atoms with E-state index in [0.717, 1.165) is 5.56 Å². The fourth-order valence-corrected chi connectivity index (χ4v) is 2.31. The Bertz CT molecular complexity index is 526. The van der Waals surface area contributed by atoms with Gasteiger partial charge in [-0.1, -0.05) is 30.3 Å². The summed E-state index contributed by atoms with van der Waals surface area (Å²) >= 11 is 0. The van der Waals surface area contributed by atoms with E-state index in [0.29, 0.717) is 0 Å². The minimum absolute atomic E-state index is 0.0247. The van der Waals surface area contributed by atoms with Gasteiger partial charge in [0, 0.05) is 6.54 Å². The van der Waals surface area contributed by atoms with Gasteiger partial charge in [0.1, 0.15) is 31.0 Å². The van der Waals surface area contributed by atoms with Gasteiger partial charge in [-0.05, 0) is 5.56 Å². The summed E-state index contributed by atoms with van der Waals surface area (Å²) in [4.78, 5) is 11.5. The largest absolute Gasteiger partial charge is 0.445 e. The van der Waals surface area contributed by atoms with Crippen LogP contribution in [0.25, 0.3) is 0 Å². The Morgan fingerprint density at radius 2 is 1.84 bits per heavy atom. The molecule has 9 heteroatoms. The van der Waals surface area contributed by atoms with Gasteiger partial charge >= 0.3 is 6.09 Å². The van der Waals surface area contributed by atoms with Crippen molar-refractivity contribution in [3.63, 3.8) is 0 Å². The summed E-state index contributed by atoms with van der Waals surface area (Å²) in [5, 5.41) is 40.6. The van der Waals surface area contributed by atoms with Crippen molar-refractivity contribution in [2.45, 2.75) is 37.3 Å². The molecular formula is C16H23NO8. The van der Waals surface area contributed by atoms with Crippen LogP contribution in [-0.2, 0) is 20.8 Å². The fraction of sp³-hybridized carbons (Fsp3) is 0.562.